The largest absolute Gasteiger partial charge is 0.478 e. The van der Waals surface area contributed by atoms with E-state index in [9.17, 15) is 14.0 Å². The van der Waals surface area contributed by atoms with Gasteiger partial charge in [0.25, 0.3) is 11.6 Å². The molecule has 0 rings (SSSR count). The van der Waals surface area contributed by atoms with Gasteiger partial charge in [0, 0.05) is 5.92 Å². The maximum atomic E-state index is 13.4. The number of primary amides is 1. The SMILES string of the molecule is CC[C@@H](C)[C@](F)(C(N)=O)C(=O)O. The molecule has 4 nitrogen and oxygen atoms in total. The second kappa shape index (κ2) is 3.51. The van der Waals surface area contributed by atoms with Gasteiger partial charge in [0.05, 0.1) is 0 Å². The fraction of sp³-hybridized carbons (Fsp3) is 0.714. The van der Waals surface area contributed by atoms with Crippen LogP contribution in [0.4, 0.5) is 4.39 Å². The molecule has 12 heavy (non-hydrogen) atoms. The van der Waals surface area contributed by atoms with E-state index in [1.54, 1.807) is 6.92 Å². The van der Waals surface area contributed by atoms with Crippen molar-refractivity contribution in [3.05, 3.63) is 0 Å². The maximum absolute atomic E-state index is 13.4. The fourth-order valence-electron chi connectivity index (χ4n) is 0.840. The first kappa shape index (κ1) is 10.9. The molecule has 0 saturated heterocycles. The molecule has 0 radical (unpaired) electrons. The van der Waals surface area contributed by atoms with Crippen LogP contribution in [0.2, 0.25) is 0 Å². The Labute approximate surface area is 69.6 Å². The van der Waals surface area contributed by atoms with Gasteiger partial charge in [-0.1, -0.05) is 13.8 Å². The van der Waals surface area contributed by atoms with Crippen LogP contribution in [-0.4, -0.2) is 22.7 Å². The third kappa shape index (κ3) is 1.54. The van der Waals surface area contributed by atoms with E-state index in [2.05, 4.69) is 5.73 Å². The molecule has 0 aliphatic heterocycles. The summed E-state index contributed by atoms with van der Waals surface area (Å²) in [7, 11) is 0. The standard InChI is InChI=1S/C7H12FNO3/c1-3-4(2)7(8,5(9)10)6(11)12/h4H,3H2,1-2H3,(H2,9,10)(H,11,12)/t4-,7+/m1/s1. The highest BCUT2D eigenvalue weighted by atomic mass is 19.1. The Morgan fingerprint density at radius 1 is 1.67 bits per heavy atom. The van der Waals surface area contributed by atoms with Crippen LogP contribution in [-0.2, 0) is 9.59 Å². The molecule has 1 amide bonds. The summed E-state index contributed by atoms with van der Waals surface area (Å²) < 4.78 is 13.4. The van der Waals surface area contributed by atoms with E-state index in [1.165, 1.54) is 6.92 Å². The zero-order chi connectivity index (χ0) is 9.94. The minimum Gasteiger partial charge on any atom is -0.478 e. The summed E-state index contributed by atoms with van der Waals surface area (Å²) in [5.41, 5.74) is 1.72. The minimum absolute atomic E-state index is 0.242. The molecule has 0 aromatic heterocycles. The van der Waals surface area contributed by atoms with Gasteiger partial charge in [-0.05, 0) is 6.42 Å². The number of alkyl halides is 1. The number of nitrogens with two attached hydrogens (primary N) is 1. The zero-order valence-corrected chi connectivity index (χ0v) is 7.00. The van der Waals surface area contributed by atoms with Crippen molar-refractivity contribution < 1.29 is 19.1 Å². The number of hydrogen-bond acceptors (Lipinski definition) is 2. The number of rotatable bonds is 4. The van der Waals surface area contributed by atoms with Gasteiger partial charge in [0.2, 0.25) is 0 Å². The molecule has 0 aliphatic carbocycles. The van der Waals surface area contributed by atoms with Crippen molar-refractivity contribution >= 4 is 11.9 Å². The van der Waals surface area contributed by atoms with Crippen LogP contribution in [0.5, 0.6) is 0 Å². The van der Waals surface area contributed by atoms with Crippen molar-refractivity contribution in [1.29, 1.82) is 0 Å². The predicted molar refractivity (Wildman–Crippen MR) is 40.1 cm³/mol. The number of amides is 1. The average molecular weight is 177 g/mol. The summed E-state index contributed by atoms with van der Waals surface area (Å²) in [6.07, 6.45) is 0.242. The van der Waals surface area contributed by atoms with E-state index in [1.807, 2.05) is 0 Å². The van der Waals surface area contributed by atoms with E-state index in [0.717, 1.165) is 0 Å². The van der Waals surface area contributed by atoms with Crippen LogP contribution in [0, 0.1) is 5.92 Å². The summed E-state index contributed by atoms with van der Waals surface area (Å²) in [6.45, 7) is 2.92. The Hall–Kier alpha value is -1.13. The first-order chi connectivity index (χ1) is 5.37. The fourth-order valence-corrected chi connectivity index (χ4v) is 0.840. The van der Waals surface area contributed by atoms with Gasteiger partial charge < -0.3 is 10.8 Å². The van der Waals surface area contributed by atoms with E-state index < -0.39 is 23.5 Å². The third-order valence-electron chi connectivity index (χ3n) is 1.96. The van der Waals surface area contributed by atoms with Crippen molar-refractivity contribution in [2.45, 2.75) is 25.9 Å². The van der Waals surface area contributed by atoms with Crippen LogP contribution in [0.1, 0.15) is 20.3 Å². The number of carbonyl (C=O) groups is 2. The van der Waals surface area contributed by atoms with Gasteiger partial charge in [-0.25, -0.2) is 9.18 Å². The third-order valence-corrected chi connectivity index (χ3v) is 1.96. The van der Waals surface area contributed by atoms with Gasteiger partial charge in [-0.15, -0.1) is 0 Å². The molecule has 2 atom stereocenters. The van der Waals surface area contributed by atoms with Gasteiger partial charge >= 0.3 is 5.97 Å². The molecule has 0 unspecified atom stereocenters. The number of carbonyl (C=O) groups excluding carboxylic acids is 1. The number of carboxylic acids is 1. The normalized spacial score (nSPS) is 17.9. The zero-order valence-electron chi connectivity index (χ0n) is 7.00. The number of halogens is 1. The second-order valence-corrected chi connectivity index (χ2v) is 2.69. The monoisotopic (exact) mass is 177 g/mol. The molecule has 0 aliphatic rings. The molecular formula is C7H12FNO3. The molecule has 0 fully saturated rings. The Morgan fingerprint density at radius 2 is 2.08 bits per heavy atom. The highest BCUT2D eigenvalue weighted by molar-refractivity contribution is 6.04. The lowest BCUT2D eigenvalue weighted by atomic mass is 9.88. The quantitative estimate of drug-likeness (QED) is 0.606. The second-order valence-electron chi connectivity index (χ2n) is 2.69. The first-order valence-electron chi connectivity index (χ1n) is 3.59. The lowest BCUT2D eigenvalue weighted by molar-refractivity contribution is -0.161. The summed E-state index contributed by atoms with van der Waals surface area (Å²) in [5, 5.41) is 8.43. The molecule has 70 valence electrons. The van der Waals surface area contributed by atoms with E-state index >= 15 is 0 Å². The van der Waals surface area contributed by atoms with Gasteiger partial charge in [-0.2, -0.15) is 0 Å². The van der Waals surface area contributed by atoms with Crippen LogP contribution < -0.4 is 5.73 Å². The van der Waals surface area contributed by atoms with Gasteiger partial charge in [0.15, 0.2) is 0 Å². The van der Waals surface area contributed by atoms with Crippen molar-refractivity contribution in [3.8, 4) is 0 Å². The van der Waals surface area contributed by atoms with Gasteiger partial charge in [0.1, 0.15) is 0 Å². The van der Waals surface area contributed by atoms with E-state index in [0.29, 0.717) is 0 Å². The molecule has 0 aromatic carbocycles. The average Bonchev–Trinajstić information content (AvgIpc) is 2.00. The summed E-state index contributed by atoms with van der Waals surface area (Å²) in [4.78, 5) is 20.9. The van der Waals surface area contributed by atoms with Crippen LogP contribution in [0.3, 0.4) is 0 Å². The lowest BCUT2D eigenvalue weighted by Gasteiger charge is -2.22. The highest BCUT2D eigenvalue weighted by Gasteiger charge is 2.49. The minimum atomic E-state index is -2.94. The number of carboxylic acid groups (broad SMARTS) is 1. The Morgan fingerprint density at radius 3 is 2.17 bits per heavy atom. The summed E-state index contributed by atoms with van der Waals surface area (Å²) in [6, 6.07) is 0. The molecule has 5 heteroatoms. The van der Waals surface area contributed by atoms with Crippen molar-refractivity contribution in [2.24, 2.45) is 11.7 Å². The molecule has 0 aromatic rings. The Kier molecular flexibility index (Phi) is 3.18. The summed E-state index contributed by atoms with van der Waals surface area (Å²) >= 11 is 0. The van der Waals surface area contributed by atoms with Gasteiger partial charge in [-0.3, -0.25) is 4.79 Å². The predicted octanol–water partition coefficient (Wildman–Crippen LogP) is 0.311. The molecule has 0 heterocycles. The highest BCUT2D eigenvalue weighted by Crippen LogP contribution is 2.25. The topological polar surface area (TPSA) is 80.4 Å². The Balaban J connectivity index is 4.87. The van der Waals surface area contributed by atoms with Crippen molar-refractivity contribution in [3.63, 3.8) is 0 Å². The van der Waals surface area contributed by atoms with Crippen molar-refractivity contribution in [2.75, 3.05) is 0 Å². The lowest BCUT2D eigenvalue weighted by Crippen LogP contribution is -2.51. The first-order valence-corrected chi connectivity index (χ1v) is 3.59. The number of aliphatic carboxylic acids is 1. The molecule has 0 saturated carbocycles. The van der Waals surface area contributed by atoms with Crippen LogP contribution >= 0.6 is 0 Å². The van der Waals surface area contributed by atoms with Crippen LogP contribution in [0.15, 0.2) is 0 Å². The smallest absolute Gasteiger partial charge is 0.351 e. The van der Waals surface area contributed by atoms with E-state index in [4.69, 9.17) is 5.11 Å². The Bertz CT molecular complexity index is 191. The molecule has 0 bridgehead atoms. The maximum Gasteiger partial charge on any atom is 0.351 e. The van der Waals surface area contributed by atoms with Crippen LogP contribution in [0.25, 0.3) is 0 Å². The molecule has 0 spiro atoms. The molecule has 3 N–H and O–H groups in total. The molecular weight excluding hydrogens is 165 g/mol. The summed E-state index contributed by atoms with van der Waals surface area (Å²) in [5.74, 6) is -4.17. The van der Waals surface area contributed by atoms with Crippen molar-refractivity contribution in [1.82, 2.24) is 0 Å². The number of hydrogen-bond donors (Lipinski definition) is 2. The van der Waals surface area contributed by atoms with E-state index in [-0.39, 0.29) is 6.42 Å².